The molecule has 1 saturated carbocycles. The first-order valence-electron chi connectivity index (χ1n) is 6.73. The molecule has 0 atom stereocenters. The van der Waals surface area contributed by atoms with Crippen molar-refractivity contribution in [2.75, 3.05) is 0 Å². The Balaban J connectivity index is 1.87. The molecule has 0 unspecified atom stereocenters. The van der Waals surface area contributed by atoms with Gasteiger partial charge in [-0.3, -0.25) is 9.97 Å². The summed E-state index contributed by atoms with van der Waals surface area (Å²) in [5.41, 5.74) is 2.06. The third kappa shape index (κ3) is 2.98. The fraction of sp³-hybridized carbons (Fsp3) is 0.500. The van der Waals surface area contributed by atoms with Gasteiger partial charge < -0.3 is 5.32 Å². The summed E-state index contributed by atoms with van der Waals surface area (Å²) in [5, 5.41) is 4.54. The molecule has 100 valence electrons. The average Bonchev–Trinajstić information content (AvgIpc) is 3.15. The Bertz CT molecular complexity index is 546. The molecule has 2 aromatic rings. The SMILES string of the molecule is CC(C)c1nc(-c2cnccn2)sc1CNC1CC1. The van der Waals surface area contributed by atoms with E-state index in [0.29, 0.717) is 5.92 Å². The second-order valence-corrected chi connectivity index (χ2v) is 6.31. The predicted octanol–water partition coefficient (Wildman–Crippen LogP) is 2.98. The zero-order valence-corrected chi connectivity index (χ0v) is 12.1. The molecule has 1 N–H and O–H groups in total. The van der Waals surface area contributed by atoms with Crippen LogP contribution in [-0.4, -0.2) is 21.0 Å². The summed E-state index contributed by atoms with van der Waals surface area (Å²) < 4.78 is 0. The molecule has 0 aromatic carbocycles. The Hall–Kier alpha value is -1.33. The van der Waals surface area contributed by atoms with Gasteiger partial charge in [-0.15, -0.1) is 11.3 Å². The molecule has 1 aliphatic carbocycles. The van der Waals surface area contributed by atoms with Crippen molar-refractivity contribution in [3.8, 4) is 10.7 Å². The van der Waals surface area contributed by atoms with Crippen LogP contribution in [0.1, 0.15) is 43.2 Å². The van der Waals surface area contributed by atoms with Gasteiger partial charge >= 0.3 is 0 Å². The van der Waals surface area contributed by atoms with E-state index in [2.05, 4.69) is 29.1 Å². The summed E-state index contributed by atoms with van der Waals surface area (Å²) in [5.74, 6) is 0.442. The van der Waals surface area contributed by atoms with Crippen molar-refractivity contribution < 1.29 is 0 Å². The molecule has 2 heterocycles. The molecular formula is C14H18N4S. The number of hydrogen-bond donors (Lipinski definition) is 1. The maximum absolute atomic E-state index is 4.75. The van der Waals surface area contributed by atoms with E-state index in [-0.39, 0.29) is 0 Å². The largest absolute Gasteiger partial charge is 0.309 e. The minimum absolute atomic E-state index is 0.442. The fourth-order valence-electron chi connectivity index (χ4n) is 1.98. The van der Waals surface area contributed by atoms with E-state index < -0.39 is 0 Å². The lowest BCUT2D eigenvalue weighted by Gasteiger charge is -2.05. The Morgan fingerprint density at radius 2 is 2.21 bits per heavy atom. The van der Waals surface area contributed by atoms with Gasteiger partial charge in [0.1, 0.15) is 10.7 Å². The van der Waals surface area contributed by atoms with E-state index >= 15 is 0 Å². The van der Waals surface area contributed by atoms with Gasteiger partial charge in [-0.2, -0.15) is 0 Å². The molecule has 0 aliphatic heterocycles. The number of rotatable bonds is 5. The molecule has 0 spiro atoms. The van der Waals surface area contributed by atoms with Crippen LogP contribution >= 0.6 is 11.3 Å². The first-order valence-corrected chi connectivity index (χ1v) is 7.55. The van der Waals surface area contributed by atoms with Crippen molar-refractivity contribution in [1.29, 1.82) is 0 Å². The van der Waals surface area contributed by atoms with Crippen LogP contribution in [0.15, 0.2) is 18.6 Å². The van der Waals surface area contributed by atoms with Gasteiger partial charge in [-0.1, -0.05) is 13.8 Å². The summed E-state index contributed by atoms with van der Waals surface area (Å²) in [6.07, 6.45) is 7.81. The highest BCUT2D eigenvalue weighted by Crippen LogP contribution is 2.31. The Labute approximate surface area is 117 Å². The van der Waals surface area contributed by atoms with Gasteiger partial charge in [0.2, 0.25) is 0 Å². The first-order chi connectivity index (χ1) is 9.24. The molecular weight excluding hydrogens is 256 g/mol. The highest BCUT2D eigenvalue weighted by molar-refractivity contribution is 7.15. The van der Waals surface area contributed by atoms with Crippen LogP contribution in [-0.2, 0) is 6.54 Å². The highest BCUT2D eigenvalue weighted by atomic mass is 32.1. The lowest BCUT2D eigenvalue weighted by Crippen LogP contribution is -2.15. The molecule has 2 aromatic heterocycles. The second kappa shape index (κ2) is 5.35. The summed E-state index contributed by atoms with van der Waals surface area (Å²) in [7, 11) is 0. The number of nitrogens with one attached hydrogen (secondary N) is 1. The Kier molecular flexibility index (Phi) is 3.57. The highest BCUT2D eigenvalue weighted by Gasteiger charge is 2.22. The van der Waals surface area contributed by atoms with E-state index in [1.165, 1.54) is 23.4 Å². The van der Waals surface area contributed by atoms with Gasteiger partial charge in [0.05, 0.1) is 11.9 Å². The fourth-order valence-corrected chi connectivity index (χ4v) is 3.11. The van der Waals surface area contributed by atoms with Crippen molar-refractivity contribution >= 4 is 11.3 Å². The molecule has 0 saturated heterocycles. The van der Waals surface area contributed by atoms with Crippen molar-refractivity contribution in [2.24, 2.45) is 0 Å². The second-order valence-electron chi connectivity index (χ2n) is 5.23. The van der Waals surface area contributed by atoms with Crippen LogP contribution in [0.4, 0.5) is 0 Å². The van der Waals surface area contributed by atoms with E-state index in [9.17, 15) is 0 Å². The van der Waals surface area contributed by atoms with Gasteiger partial charge in [0.25, 0.3) is 0 Å². The lowest BCUT2D eigenvalue weighted by molar-refractivity contribution is 0.681. The number of hydrogen-bond acceptors (Lipinski definition) is 5. The quantitative estimate of drug-likeness (QED) is 0.910. The monoisotopic (exact) mass is 274 g/mol. The molecule has 1 aliphatic rings. The van der Waals surface area contributed by atoms with Gasteiger partial charge in [-0.05, 0) is 18.8 Å². The molecule has 4 nitrogen and oxygen atoms in total. The minimum atomic E-state index is 0.442. The standard InChI is InChI=1S/C14H18N4S/c1-9(2)13-12(8-17-10-3-4-10)19-14(18-13)11-7-15-5-6-16-11/h5-7,9-10,17H,3-4,8H2,1-2H3. The maximum Gasteiger partial charge on any atom is 0.144 e. The smallest absolute Gasteiger partial charge is 0.144 e. The molecule has 19 heavy (non-hydrogen) atoms. The zero-order valence-electron chi connectivity index (χ0n) is 11.3. The van der Waals surface area contributed by atoms with Crippen molar-refractivity contribution in [1.82, 2.24) is 20.3 Å². The van der Waals surface area contributed by atoms with Gasteiger partial charge in [0, 0.05) is 29.9 Å². The van der Waals surface area contributed by atoms with E-state index in [0.717, 1.165) is 23.3 Å². The summed E-state index contributed by atoms with van der Waals surface area (Å²) in [6, 6.07) is 0.724. The van der Waals surface area contributed by atoms with Crippen molar-refractivity contribution in [3.05, 3.63) is 29.2 Å². The molecule has 0 radical (unpaired) electrons. The van der Waals surface area contributed by atoms with Crippen LogP contribution in [0.25, 0.3) is 10.7 Å². The van der Waals surface area contributed by atoms with Crippen LogP contribution in [0.5, 0.6) is 0 Å². The zero-order chi connectivity index (χ0) is 13.2. The first kappa shape index (κ1) is 12.7. The molecule has 5 heteroatoms. The van der Waals surface area contributed by atoms with E-state index in [1.807, 2.05) is 0 Å². The maximum atomic E-state index is 4.75. The van der Waals surface area contributed by atoms with E-state index in [1.54, 1.807) is 29.9 Å². The molecule has 3 rings (SSSR count). The third-order valence-corrected chi connectivity index (χ3v) is 4.28. The number of aromatic nitrogens is 3. The van der Waals surface area contributed by atoms with Crippen LogP contribution in [0.3, 0.4) is 0 Å². The normalized spacial score (nSPS) is 15.1. The Morgan fingerprint density at radius 1 is 1.37 bits per heavy atom. The number of nitrogens with zero attached hydrogens (tertiary/aromatic N) is 3. The Morgan fingerprint density at radius 3 is 2.84 bits per heavy atom. The summed E-state index contributed by atoms with van der Waals surface area (Å²) in [6.45, 7) is 5.31. The third-order valence-electron chi connectivity index (χ3n) is 3.19. The topological polar surface area (TPSA) is 50.7 Å². The van der Waals surface area contributed by atoms with E-state index in [4.69, 9.17) is 4.98 Å². The minimum Gasteiger partial charge on any atom is -0.309 e. The van der Waals surface area contributed by atoms with Crippen molar-refractivity contribution in [2.45, 2.75) is 45.2 Å². The average molecular weight is 274 g/mol. The molecule has 1 fully saturated rings. The van der Waals surface area contributed by atoms with Gasteiger partial charge in [0.15, 0.2) is 0 Å². The van der Waals surface area contributed by atoms with Crippen molar-refractivity contribution in [3.63, 3.8) is 0 Å². The van der Waals surface area contributed by atoms with Crippen LogP contribution < -0.4 is 5.32 Å². The number of thiazole rings is 1. The van der Waals surface area contributed by atoms with Crippen LogP contribution in [0, 0.1) is 0 Å². The summed E-state index contributed by atoms with van der Waals surface area (Å²) in [4.78, 5) is 14.5. The molecule has 0 bridgehead atoms. The predicted molar refractivity (Wildman–Crippen MR) is 77.1 cm³/mol. The van der Waals surface area contributed by atoms with Crippen LogP contribution in [0.2, 0.25) is 0 Å². The summed E-state index contributed by atoms with van der Waals surface area (Å²) >= 11 is 1.73. The van der Waals surface area contributed by atoms with Gasteiger partial charge in [-0.25, -0.2) is 4.98 Å². The lowest BCUT2D eigenvalue weighted by atomic mass is 10.1. The molecule has 0 amide bonds.